The molecule has 0 heterocycles. The van der Waals surface area contributed by atoms with Gasteiger partial charge in [0.1, 0.15) is 0 Å². The quantitative estimate of drug-likeness (QED) is 0.474. The third kappa shape index (κ3) is 5.06. The van der Waals surface area contributed by atoms with Crippen molar-refractivity contribution in [3.8, 4) is 5.75 Å². The molecule has 0 amide bonds. The second-order valence-corrected chi connectivity index (χ2v) is 7.37. The number of rotatable bonds is 6. The number of ether oxygens (including phenoxy) is 2. The van der Waals surface area contributed by atoms with Gasteiger partial charge >= 0.3 is 139 Å². The van der Waals surface area contributed by atoms with Crippen molar-refractivity contribution in [2.75, 3.05) is 6.61 Å². The van der Waals surface area contributed by atoms with Crippen molar-refractivity contribution in [2.24, 2.45) is 0 Å². The van der Waals surface area contributed by atoms with E-state index >= 15 is 0 Å². The number of para-hydroxylation sites is 1. The van der Waals surface area contributed by atoms with Gasteiger partial charge in [0.05, 0.1) is 0 Å². The van der Waals surface area contributed by atoms with Crippen LogP contribution in [0.2, 0.25) is 4.71 Å². The number of carboxylic acid groups (broad SMARTS) is 1. The molecule has 0 aromatic heterocycles. The summed E-state index contributed by atoms with van der Waals surface area (Å²) < 4.78 is 9.59. The van der Waals surface area contributed by atoms with Crippen LogP contribution in [-0.4, -0.2) is 40.7 Å². The van der Waals surface area contributed by atoms with Crippen LogP contribution in [0, 0.1) is 0 Å². The summed E-state index contributed by atoms with van der Waals surface area (Å²) in [5, 5.41) is 8.80. The SMILES string of the molecule is CC(C)c1cccc(C(C)C)c1OC(=O)OCC([AsH2])C(=O)O. The zero-order valence-electron chi connectivity index (χ0n) is 13.3. The Morgan fingerprint density at radius 3 is 2.05 bits per heavy atom. The van der Waals surface area contributed by atoms with Crippen LogP contribution < -0.4 is 4.74 Å². The molecule has 1 aromatic rings. The van der Waals surface area contributed by atoms with Gasteiger partial charge in [0.25, 0.3) is 0 Å². The summed E-state index contributed by atoms with van der Waals surface area (Å²) in [5.41, 5.74) is 1.86. The van der Waals surface area contributed by atoms with Gasteiger partial charge in [-0.1, -0.05) is 0 Å². The molecule has 0 fully saturated rings. The normalized spacial score (nSPS) is 12.3. The summed E-state index contributed by atoms with van der Waals surface area (Å²) in [6.07, 6.45) is -0.862. The maximum atomic E-state index is 11.9. The molecule has 1 N–H and O–H groups in total. The van der Waals surface area contributed by atoms with Gasteiger partial charge in [-0.15, -0.1) is 0 Å². The number of carbonyl (C=O) groups is 2. The summed E-state index contributed by atoms with van der Waals surface area (Å²) in [6, 6.07) is 5.78. The van der Waals surface area contributed by atoms with Crippen LogP contribution in [0.1, 0.15) is 50.7 Å². The Balaban J connectivity index is 2.91. The molecule has 1 rings (SSSR count). The summed E-state index contributed by atoms with van der Waals surface area (Å²) in [5.74, 6) is -0.0743. The molecule has 0 saturated heterocycles. The Bertz CT molecular complexity index is 513. The van der Waals surface area contributed by atoms with Crippen LogP contribution in [0.3, 0.4) is 0 Å². The minimum absolute atomic E-state index is 0.185. The van der Waals surface area contributed by atoms with Gasteiger partial charge in [-0.05, 0) is 0 Å². The molecule has 5 nitrogen and oxygen atoms in total. The Hall–Kier alpha value is -1.48. The van der Waals surface area contributed by atoms with E-state index in [0.717, 1.165) is 28.0 Å². The molecular formula is C16H23AsO5. The van der Waals surface area contributed by atoms with Crippen LogP contribution in [0.15, 0.2) is 18.2 Å². The molecule has 0 radical (unpaired) electrons. The first-order chi connectivity index (χ1) is 10.2. The molecule has 1 aromatic carbocycles. The number of carbonyl (C=O) groups excluding carboxylic acids is 1. The van der Waals surface area contributed by atoms with E-state index < -0.39 is 16.8 Å². The van der Waals surface area contributed by atoms with Crippen molar-refractivity contribution in [1.82, 2.24) is 0 Å². The van der Waals surface area contributed by atoms with Gasteiger partial charge in [-0.2, -0.15) is 0 Å². The van der Waals surface area contributed by atoms with Crippen molar-refractivity contribution >= 4 is 29.0 Å². The van der Waals surface area contributed by atoms with Crippen LogP contribution in [-0.2, 0) is 9.53 Å². The van der Waals surface area contributed by atoms with Gasteiger partial charge < -0.3 is 0 Å². The average molecular weight is 370 g/mol. The van der Waals surface area contributed by atoms with E-state index in [1.807, 2.05) is 45.9 Å². The van der Waals surface area contributed by atoms with E-state index in [0.29, 0.717) is 5.75 Å². The summed E-state index contributed by atoms with van der Waals surface area (Å²) in [4.78, 5) is 22.6. The predicted molar refractivity (Wildman–Crippen MR) is 86.5 cm³/mol. The molecule has 0 saturated carbocycles. The van der Waals surface area contributed by atoms with Gasteiger partial charge in [-0.25, -0.2) is 0 Å². The van der Waals surface area contributed by atoms with E-state index in [2.05, 4.69) is 0 Å². The fourth-order valence-electron chi connectivity index (χ4n) is 1.94. The predicted octanol–water partition coefficient (Wildman–Crippen LogP) is 2.96. The first kappa shape index (κ1) is 18.6. The third-order valence-electron chi connectivity index (χ3n) is 3.20. The molecule has 2 unspecified atom stereocenters. The van der Waals surface area contributed by atoms with Crippen LogP contribution in [0.4, 0.5) is 4.79 Å². The van der Waals surface area contributed by atoms with Crippen molar-refractivity contribution in [3.05, 3.63) is 29.3 Å². The number of hydrogen-bond donors (Lipinski definition) is 1. The Kier molecular flexibility index (Phi) is 6.95. The maximum absolute atomic E-state index is 11.9. The molecule has 0 aliphatic rings. The third-order valence-corrected chi connectivity index (χ3v) is 4.21. The Morgan fingerprint density at radius 2 is 1.64 bits per heavy atom. The molecular weight excluding hydrogens is 347 g/mol. The Morgan fingerprint density at radius 1 is 1.14 bits per heavy atom. The zero-order chi connectivity index (χ0) is 16.9. The molecule has 6 heteroatoms. The fraction of sp³-hybridized carbons (Fsp3) is 0.500. The molecule has 2 atom stereocenters. The van der Waals surface area contributed by atoms with Crippen molar-refractivity contribution < 1.29 is 24.2 Å². The molecule has 122 valence electrons. The topological polar surface area (TPSA) is 72.8 Å². The zero-order valence-corrected chi connectivity index (χ0v) is 15.8. The summed E-state index contributed by atoms with van der Waals surface area (Å²) in [7, 11) is 0. The van der Waals surface area contributed by atoms with Crippen LogP contribution in [0.25, 0.3) is 0 Å². The summed E-state index contributed by atoms with van der Waals surface area (Å²) in [6.45, 7) is 7.90. The first-order valence-electron chi connectivity index (χ1n) is 7.19. The number of benzene rings is 1. The van der Waals surface area contributed by atoms with Gasteiger partial charge in [0.15, 0.2) is 0 Å². The van der Waals surface area contributed by atoms with E-state index in [9.17, 15) is 9.59 Å². The molecule has 0 aliphatic carbocycles. The number of hydrogen-bond acceptors (Lipinski definition) is 4. The molecule has 22 heavy (non-hydrogen) atoms. The van der Waals surface area contributed by atoms with E-state index in [-0.39, 0.29) is 18.4 Å². The minimum atomic E-state index is -0.988. The van der Waals surface area contributed by atoms with Gasteiger partial charge in [0.2, 0.25) is 0 Å². The van der Waals surface area contributed by atoms with Crippen molar-refractivity contribution in [2.45, 2.75) is 44.2 Å². The van der Waals surface area contributed by atoms with Gasteiger partial charge in [-0.3, -0.25) is 0 Å². The van der Waals surface area contributed by atoms with E-state index in [1.165, 1.54) is 0 Å². The number of aliphatic carboxylic acids is 1. The van der Waals surface area contributed by atoms with Gasteiger partial charge in [0, 0.05) is 0 Å². The second kappa shape index (κ2) is 8.23. The monoisotopic (exact) mass is 370 g/mol. The van der Waals surface area contributed by atoms with Crippen LogP contribution >= 0.6 is 0 Å². The van der Waals surface area contributed by atoms with Crippen molar-refractivity contribution in [1.29, 1.82) is 0 Å². The van der Waals surface area contributed by atoms with Crippen molar-refractivity contribution in [3.63, 3.8) is 0 Å². The number of carboxylic acids is 1. The van der Waals surface area contributed by atoms with E-state index in [4.69, 9.17) is 14.6 Å². The van der Waals surface area contributed by atoms with E-state index in [1.54, 1.807) is 0 Å². The molecule has 0 spiro atoms. The summed E-state index contributed by atoms with van der Waals surface area (Å²) >= 11 is 0.993. The van der Waals surface area contributed by atoms with Crippen LogP contribution in [0.5, 0.6) is 5.75 Å². The first-order valence-corrected chi connectivity index (χ1v) is 8.59. The Labute approximate surface area is 139 Å². The molecule has 0 bridgehead atoms. The molecule has 0 aliphatic heterocycles. The fourth-order valence-corrected chi connectivity index (χ4v) is 2.14. The second-order valence-electron chi connectivity index (χ2n) is 5.68. The standard InChI is InChI=1S/C16H23AsO5/c1-9(2)11-6-5-7-12(10(3)4)14(11)22-16(20)21-8-13(17)15(18)19/h5-7,9-10,13H,8,17H2,1-4H3,(H,18,19). The average Bonchev–Trinajstić information content (AvgIpc) is 2.44.